The Hall–Kier alpha value is -2.66. The summed E-state index contributed by atoms with van der Waals surface area (Å²) < 4.78 is 0. The van der Waals surface area contributed by atoms with Gasteiger partial charge in [0.05, 0.1) is 17.8 Å². The van der Waals surface area contributed by atoms with E-state index in [9.17, 15) is 5.11 Å². The molecule has 2 aromatic rings. The van der Waals surface area contributed by atoms with E-state index in [0.717, 1.165) is 39.9 Å². The summed E-state index contributed by atoms with van der Waals surface area (Å²) in [6, 6.07) is 3.94. The molecule has 3 rings (SSSR count). The van der Waals surface area contributed by atoms with Crippen LogP contribution in [0.25, 0.3) is 16.3 Å². The molecule has 0 saturated carbocycles. The molecule has 5 heteroatoms. The minimum atomic E-state index is -0.431. The Balaban J connectivity index is 1.82. The van der Waals surface area contributed by atoms with Gasteiger partial charge >= 0.3 is 0 Å². The average molecular weight is 336 g/mol. The summed E-state index contributed by atoms with van der Waals surface area (Å²) in [5, 5.41) is 18.7. The third-order valence-corrected chi connectivity index (χ3v) is 4.49. The molecule has 1 aliphatic heterocycles. The summed E-state index contributed by atoms with van der Waals surface area (Å²) in [6.45, 7) is 5.75. The lowest BCUT2D eigenvalue weighted by atomic mass is 9.95. The van der Waals surface area contributed by atoms with Crippen LogP contribution < -0.4 is 10.6 Å². The van der Waals surface area contributed by atoms with E-state index in [4.69, 9.17) is 0 Å². The number of nitrogens with zero attached hydrogens (tertiary/aromatic N) is 2. The van der Waals surface area contributed by atoms with Gasteiger partial charge in [-0.05, 0) is 37.5 Å². The summed E-state index contributed by atoms with van der Waals surface area (Å²) >= 11 is 0. The zero-order valence-corrected chi connectivity index (χ0v) is 14.7. The van der Waals surface area contributed by atoms with Crippen LogP contribution in [-0.4, -0.2) is 34.3 Å². The molecular formula is C20H24N4O. The quantitative estimate of drug-likeness (QED) is 0.707. The minimum Gasteiger partial charge on any atom is -0.391 e. The molecule has 130 valence electrons. The van der Waals surface area contributed by atoms with Crippen molar-refractivity contribution in [2.45, 2.75) is 31.9 Å². The van der Waals surface area contributed by atoms with E-state index >= 15 is 0 Å². The lowest BCUT2D eigenvalue weighted by molar-refractivity contribution is 0.142. The van der Waals surface area contributed by atoms with Crippen LogP contribution in [0.3, 0.4) is 0 Å². The lowest BCUT2D eigenvalue weighted by Gasteiger charge is -2.26. The van der Waals surface area contributed by atoms with Crippen molar-refractivity contribution < 1.29 is 5.11 Å². The Kier molecular flexibility index (Phi) is 5.14. The van der Waals surface area contributed by atoms with Crippen LogP contribution in [-0.2, 0) is 0 Å². The van der Waals surface area contributed by atoms with Crippen LogP contribution in [0.15, 0.2) is 55.0 Å². The Bertz CT molecular complexity index is 841. The van der Waals surface area contributed by atoms with Crippen LogP contribution in [0.4, 0.5) is 5.82 Å². The topological polar surface area (TPSA) is 70.1 Å². The van der Waals surface area contributed by atoms with Crippen LogP contribution in [0.5, 0.6) is 0 Å². The summed E-state index contributed by atoms with van der Waals surface area (Å²) in [4.78, 5) is 8.96. The third-order valence-electron chi connectivity index (χ3n) is 4.49. The zero-order valence-electron chi connectivity index (χ0n) is 14.7. The highest BCUT2D eigenvalue weighted by atomic mass is 16.3. The van der Waals surface area contributed by atoms with Gasteiger partial charge < -0.3 is 15.7 Å². The summed E-state index contributed by atoms with van der Waals surface area (Å²) in [5.74, 6) is 0.827. The Morgan fingerprint density at radius 1 is 1.32 bits per heavy atom. The van der Waals surface area contributed by atoms with Gasteiger partial charge in [-0.3, -0.25) is 4.98 Å². The van der Waals surface area contributed by atoms with Crippen molar-refractivity contribution in [3.63, 3.8) is 0 Å². The number of hydrogen-bond acceptors (Lipinski definition) is 5. The normalized spacial score (nSPS) is 18.1. The van der Waals surface area contributed by atoms with Crippen molar-refractivity contribution >= 4 is 22.2 Å². The van der Waals surface area contributed by atoms with Gasteiger partial charge in [-0.1, -0.05) is 12.2 Å². The number of pyridine rings is 2. The number of aliphatic hydroxyl groups excluding tert-OH is 1. The fourth-order valence-electron chi connectivity index (χ4n) is 2.99. The molecule has 0 amide bonds. The first-order valence-corrected chi connectivity index (χ1v) is 8.50. The Morgan fingerprint density at radius 3 is 2.80 bits per heavy atom. The molecule has 0 bridgehead atoms. The first-order valence-electron chi connectivity index (χ1n) is 8.50. The van der Waals surface area contributed by atoms with Crippen molar-refractivity contribution in [2.24, 2.45) is 0 Å². The van der Waals surface area contributed by atoms with Crippen LogP contribution >= 0.6 is 0 Å². The molecule has 2 aromatic heterocycles. The number of fused-ring (bicyclic) bond motifs is 1. The van der Waals surface area contributed by atoms with E-state index in [1.165, 1.54) is 0 Å². The highest BCUT2D eigenvalue weighted by Gasteiger charge is 2.20. The average Bonchev–Trinajstić information content (AvgIpc) is 2.65. The summed E-state index contributed by atoms with van der Waals surface area (Å²) in [7, 11) is 1.85. The predicted molar refractivity (Wildman–Crippen MR) is 103 cm³/mol. The molecule has 1 aliphatic rings. The molecule has 0 aromatic carbocycles. The van der Waals surface area contributed by atoms with E-state index in [-0.39, 0.29) is 6.04 Å². The summed E-state index contributed by atoms with van der Waals surface area (Å²) in [5.41, 5.74) is 3.03. The largest absolute Gasteiger partial charge is 0.391 e. The predicted octanol–water partition coefficient (Wildman–Crippen LogP) is 3.26. The molecule has 2 atom stereocenters. The number of aromatic nitrogens is 2. The molecule has 25 heavy (non-hydrogen) atoms. The number of dihydropyridines is 1. The maximum Gasteiger partial charge on any atom is 0.126 e. The number of rotatable bonds is 6. The van der Waals surface area contributed by atoms with Crippen molar-refractivity contribution in [1.29, 1.82) is 0 Å². The Morgan fingerprint density at radius 2 is 2.08 bits per heavy atom. The number of hydrogen-bond donors (Lipinski definition) is 3. The van der Waals surface area contributed by atoms with Crippen molar-refractivity contribution in [3.05, 3.63) is 60.7 Å². The molecule has 3 heterocycles. The molecule has 2 unspecified atom stereocenters. The number of anilines is 1. The molecule has 0 fully saturated rings. The van der Waals surface area contributed by atoms with Gasteiger partial charge in [0.2, 0.25) is 0 Å². The molecule has 5 nitrogen and oxygen atoms in total. The number of allylic oxidation sites excluding steroid dienone is 3. The number of nitrogens with one attached hydrogen (secondary N) is 2. The highest BCUT2D eigenvalue weighted by Crippen LogP contribution is 2.27. The maximum atomic E-state index is 10.3. The van der Waals surface area contributed by atoms with Gasteiger partial charge in [-0.15, -0.1) is 6.58 Å². The molecule has 3 N–H and O–H groups in total. The second kappa shape index (κ2) is 7.49. The second-order valence-electron chi connectivity index (χ2n) is 6.27. The highest BCUT2D eigenvalue weighted by molar-refractivity contribution is 5.88. The second-order valence-corrected chi connectivity index (χ2v) is 6.27. The fraction of sp³-hybridized carbons (Fsp3) is 0.300. The van der Waals surface area contributed by atoms with E-state index < -0.39 is 6.10 Å². The van der Waals surface area contributed by atoms with E-state index in [0.29, 0.717) is 6.42 Å². The van der Waals surface area contributed by atoms with Crippen LogP contribution in [0, 0.1) is 0 Å². The lowest BCUT2D eigenvalue weighted by Crippen LogP contribution is -2.37. The van der Waals surface area contributed by atoms with Gasteiger partial charge in [0.15, 0.2) is 0 Å². The van der Waals surface area contributed by atoms with Gasteiger partial charge in [0.1, 0.15) is 5.82 Å². The van der Waals surface area contributed by atoms with Gasteiger partial charge in [0.25, 0.3) is 0 Å². The summed E-state index contributed by atoms with van der Waals surface area (Å²) in [6.07, 6.45) is 10.6. The van der Waals surface area contributed by atoms with E-state index in [2.05, 4.69) is 33.3 Å². The van der Waals surface area contributed by atoms with Crippen LogP contribution in [0.1, 0.15) is 25.5 Å². The molecular weight excluding hydrogens is 312 g/mol. The van der Waals surface area contributed by atoms with Crippen molar-refractivity contribution in [2.75, 3.05) is 12.4 Å². The van der Waals surface area contributed by atoms with Crippen LogP contribution in [0.2, 0.25) is 0 Å². The smallest absolute Gasteiger partial charge is 0.126 e. The van der Waals surface area contributed by atoms with Gasteiger partial charge in [-0.25, -0.2) is 4.98 Å². The Labute approximate surface area is 148 Å². The fourth-order valence-corrected chi connectivity index (χ4v) is 2.99. The first-order chi connectivity index (χ1) is 12.1. The molecule has 0 aliphatic carbocycles. The minimum absolute atomic E-state index is 0.0796. The van der Waals surface area contributed by atoms with Crippen molar-refractivity contribution in [3.8, 4) is 0 Å². The van der Waals surface area contributed by atoms with Gasteiger partial charge in [-0.2, -0.15) is 0 Å². The van der Waals surface area contributed by atoms with Crippen molar-refractivity contribution in [1.82, 2.24) is 15.3 Å². The maximum absolute atomic E-state index is 10.3. The van der Waals surface area contributed by atoms with E-state index in [1.54, 1.807) is 0 Å². The standard InChI is InChI=1S/C20H24N4O/c1-4-5-6-19(25)18-7-13(2)16(12-23-18)17-8-14-11-24-20(21-3)9-15(14)10-22-17/h4,7-12,18-19,23,25H,1,5-6H2,2-3H3,(H,21,24). The molecule has 0 saturated heterocycles. The first kappa shape index (κ1) is 17.2. The van der Waals surface area contributed by atoms with E-state index in [1.807, 2.05) is 50.8 Å². The SMILES string of the molecule is C=CCCC(O)C1C=C(C)C(c2cc3cnc(NC)cc3cn2)=CN1. The third kappa shape index (κ3) is 3.72. The zero-order chi connectivity index (χ0) is 17.8. The monoisotopic (exact) mass is 336 g/mol. The number of aliphatic hydroxyl groups is 1. The van der Waals surface area contributed by atoms with Gasteiger partial charge in [0, 0.05) is 42.0 Å². The molecule has 0 spiro atoms. The molecule has 0 radical (unpaired) electrons.